The zero-order valence-corrected chi connectivity index (χ0v) is 10.8. The lowest BCUT2D eigenvalue weighted by molar-refractivity contribution is 0.171. The molecule has 0 bridgehead atoms. The zero-order chi connectivity index (χ0) is 12.1. The van der Waals surface area contributed by atoms with Crippen LogP contribution in [0.25, 0.3) is 0 Å². The van der Waals surface area contributed by atoms with Crippen LogP contribution in [0.5, 0.6) is 0 Å². The first-order chi connectivity index (χ1) is 8.24. The van der Waals surface area contributed by atoms with Crippen molar-refractivity contribution in [3.63, 3.8) is 0 Å². The molecule has 2 rings (SSSR count). The highest BCUT2D eigenvalue weighted by Crippen LogP contribution is 2.48. The molecular weight excluding hydrogens is 212 g/mol. The largest absolute Gasteiger partial charge is 0.385 e. The summed E-state index contributed by atoms with van der Waals surface area (Å²) in [5.74, 6) is 0. The van der Waals surface area contributed by atoms with Gasteiger partial charge < -0.3 is 10.1 Å². The fourth-order valence-corrected chi connectivity index (χ4v) is 2.16. The van der Waals surface area contributed by atoms with E-state index in [1.165, 1.54) is 19.3 Å². The molecule has 1 N–H and O–H groups in total. The minimum absolute atomic E-state index is 0.514. The van der Waals surface area contributed by atoms with Gasteiger partial charge in [0.05, 0.1) is 5.69 Å². The standard InChI is InChI=1S/C14H22N2O/c1-12-4-3-5-13(16-12)10-15-11-14(6-7-14)8-9-17-2/h3-5,15H,6-11H2,1-2H3. The van der Waals surface area contributed by atoms with Crippen LogP contribution in [0.15, 0.2) is 18.2 Å². The van der Waals surface area contributed by atoms with E-state index in [1.54, 1.807) is 7.11 Å². The third kappa shape index (κ3) is 3.79. The summed E-state index contributed by atoms with van der Waals surface area (Å²) in [6, 6.07) is 6.18. The maximum atomic E-state index is 5.16. The van der Waals surface area contributed by atoms with Crippen molar-refractivity contribution in [3.05, 3.63) is 29.6 Å². The normalized spacial score (nSPS) is 17.1. The van der Waals surface area contributed by atoms with E-state index < -0.39 is 0 Å². The molecule has 0 saturated heterocycles. The van der Waals surface area contributed by atoms with Crippen LogP contribution in [0.2, 0.25) is 0 Å². The van der Waals surface area contributed by atoms with Crippen molar-refractivity contribution in [2.24, 2.45) is 5.41 Å². The van der Waals surface area contributed by atoms with Crippen LogP contribution in [0, 0.1) is 12.3 Å². The molecule has 1 aromatic heterocycles. The fourth-order valence-electron chi connectivity index (χ4n) is 2.16. The highest BCUT2D eigenvalue weighted by molar-refractivity contribution is 5.09. The maximum Gasteiger partial charge on any atom is 0.0544 e. The molecule has 94 valence electrons. The van der Waals surface area contributed by atoms with Gasteiger partial charge >= 0.3 is 0 Å². The fraction of sp³-hybridized carbons (Fsp3) is 0.643. The van der Waals surface area contributed by atoms with Gasteiger partial charge in [-0.3, -0.25) is 4.98 Å². The topological polar surface area (TPSA) is 34.1 Å². The molecule has 1 fully saturated rings. The van der Waals surface area contributed by atoms with Gasteiger partial charge in [-0.2, -0.15) is 0 Å². The van der Waals surface area contributed by atoms with Crippen molar-refractivity contribution in [1.29, 1.82) is 0 Å². The number of pyridine rings is 1. The number of hydrogen-bond donors (Lipinski definition) is 1. The second-order valence-electron chi connectivity index (χ2n) is 5.12. The molecule has 3 heteroatoms. The Morgan fingerprint density at radius 2 is 2.24 bits per heavy atom. The molecule has 0 radical (unpaired) electrons. The van der Waals surface area contributed by atoms with Crippen molar-refractivity contribution in [2.45, 2.75) is 32.7 Å². The smallest absolute Gasteiger partial charge is 0.0544 e. The number of methoxy groups -OCH3 is 1. The molecule has 0 spiro atoms. The van der Waals surface area contributed by atoms with Crippen molar-refractivity contribution in [2.75, 3.05) is 20.3 Å². The lowest BCUT2D eigenvalue weighted by Gasteiger charge is -2.15. The lowest BCUT2D eigenvalue weighted by Crippen LogP contribution is -2.25. The van der Waals surface area contributed by atoms with Gasteiger partial charge in [-0.1, -0.05) is 6.07 Å². The van der Waals surface area contributed by atoms with E-state index in [2.05, 4.69) is 22.4 Å². The quantitative estimate of drug-likeness (QED) is 0.786. The molecule has 1 aromatic rings. The molecule has 1 saturated carbocycles. The SMILES string of the molecule is COCCC1(CNCc2cccc(C)n2)CC1. The number of aromatic nitrogens is 1. The number of rotatable bonds is 7. The average molecular weight is 234 g/mol. The summed E-state index contributed by atoms with van der Waals surface area (Å²) in [5, 5.41) is 3.52. The van der Waals surface area contributed by atoms with Crippen LogP contribution >= 0.6 is 0 Å². The summed E-state index contributed by atoms with van der Waals surface area (Å²) in [7, 11) is 1.78. The van der Waals surface area contributed by atoms with Gasteiger partial charge in [0.25, 0.3) is 0 Å². The van der Waals surface area contributed by atoms with E-state index in [0.717, 1.165) is 31.1 Å². The Morgan fingerprint density at radius 3 is 2.88 bits per heavy atom. The molecular formula is C14H22N2O. The van der Waals surface area contributed by atoms with Gasteiger partial charge in [0.1, 0.15) is 0 Å². The molecule has 1 aliphatic rings. The summed E-state index contributed by atoms with van der Waals surface area (Å²) < 4.78 is 5.16. The molecule has 3 nitrogen and oxygen atoms in total. The van der Waals surface area contributed by atoms with Crippen LogP contribution in [0.1, 0.15) is 30.7 Å². The predicted octanol–water partition coefficient (Wildman–Crippen LogP) is 2.30. The Morgan fingerprint density at radius 1 is 1.41 bits per heavy atom. The van der Waals surface area contributed by atoms with Gasteiger partial charge in [-0.05, 0) is 43.7 Å². The first-order valence-electron chi connectivity index (χ1n) is 6.36. The molecule has 0 unspecified atom stereocenters. The molecule has 17 heavy (non-hydrogen) atoms. The van der Waals surface area contributed by atoms with Crippen LogP contribution in [0.4, 0.5) is 0 Å². The molecule has 0 aromatic carbocycles. The van der Waals surface area contributed by atoms with E-state index in [0.29, 0.717) is 5.41 Å². The van der Waals surface area contributed by atoms with Crippen LogP contribution < -0.4 is 5.32 Å². The van der Waals surface area contributed by atoms with Gasteiger partial charge in [0.2, 0.25) is 0 Å². The molecule has 0 atom stereocenters. The lowest BCUT2D eigenvalue weighted by atomic mass is 10.0. The predicted molar refractivity (Wildman–Crippen MR) is 68.8 cm³/mol. The summed E-state index contributed by atoms with van der Waals surface area (Å²) in [4.78, 5) is 4.49. The number of ether oxygens (including phenoxy) is 1. The van der Waals surface area contributed by atoms with Gasteiger partial charge in [0, 0.05) is 32.5 Å². The van der Waals surface area contributed by atoms with E-state index in [1.807, 2.05) is 13.0 Å². The minimum atomic E-state index is 0.514. The summed E-state index contributed by atoms with van der Waals surface area (Å²) in [6.45, 7) is 4.87. The highest BCUT2D eigenvalue weighted by atomic mass is 16.5. The van der Waals surface area contributed by atoms with Gasteiger partial charge in [0.15, 0.2) is 0 Å². The zero-order valence-electron chi connectivity index (χ0n) is 10.8. The molecule has 1 aliphatic carbocycles. The van der Waals surface area contributed by atoms with E-state index in [-0.39, 0.29) is 0 Å². The Kier molecular flexibility index (Phi) is 4.13. The first-order valence-corrected chi connectivity index (χ1v) is 6.36. The number of aryl methyl sites for hydroxylation is 1. The Hall–Kier alpha value is -0.930. The van der Waals surface area contributed by atoms with Gasteiger partial charge in [-0.25, -0.2) is 0 Å². The van der Waals surface area contributed by atoms with E-state index >= 15 is 0 Å². The number of nitrogens with one attached hydrogen (secondary N) is 1. The Labute approximate surface area is 104 Å². The minimum Gasteiger partial charge on any atom is -0.385 e. The van der Waals surface area contributed by atoms with Crippen LogP contribution in [-0.4, -0.2) is 25.2 Å². The van der Waals surface area contributed by atoms with Crippen LogP contribution in [0.3, 0.4) is 0 Å². The second kappa shape index (κ2) is 5.61. The van der Waals surface area contributed by atoms with Crippen molar-refractivity contribution < 1.29 is 4.74 Å². The first kappa shape index (κ1) is 12.5. The van der Waals surface area contributed by atoms with Gasteiger partial charge in [-0.15, -0.1) is 0 Å². The second-order valence-corrected chi connectivity index (χ2v) is 5.12. The van der Waals surface area contributed by atoms with E-state index in [9.17, 15) is 0 Å². The summed E-state index contributed by atoms with van der Waals surface area (Å²) >= 11 is 0. The average Bonchev–Trinajstić information content (AvgIpc) is 3.07. The Balaban J connectivity index is 1.72. The van der Waals surface area contributed by atoms with Crippen LogP contribution in [-0.2, 0) is 11.3 Å². The van der Waals surface area contributed by atoms with E-state index in [4.69, 9.17) is 4.74 Å². The third-order valence-corrected chi connectivity index (χ3v) is 3.55. The monoisotopic (exact) mass is 234 g/mol. The van der Waals surface area contributed by atoms with Crippen molar-refractivity contribution >= 4 is 0 Å². The maximum absolute atomic E-state index is 5.16. The molecule has 0 amide bonds. The third-order valence-electron chi connectivity index (χ3n) is 3.55. The summed E-state index contributed by atoms with van der Waals surface area (Å²) in [6.07, 6.45) is 3.85. The highest BCUT2D eigenvalue weighted by Gasteiger charge is 2.41. The van der Waals surface area contributed by atoms with Crippen molar-refractivity contribution in [3.8, 4) is 0 Å². The number of nitrogens with zero attached hydrogens (tertiary/aromatic N) is 1. The summed E-state index contributed by atoms with van der Waals surface area (Å²) in [5.41, 5.74) is 2.73. The molecule has 1 heterocycles. The Bertz CT molecular complexity index is 361. The van der Waals surface area contributed by atoms with Crippen molar-refractivity contribution in [1.82, 2.24) is 10.3 Å². The molecule has 0 aliphatic heterocycles. The number of hydrogen-bond acceptors (Lipinski definition) is 3.